The van der Waals surface area contributed by atoms with E-state index in [9.17, 15) is 18.0 Å². The molecule has 0 bridgehead atoms. The van der Waals surface area contributed by atoms with Crippen LogP contribution >= 0.6 is 11.8 Å². The maximum absolute atomic E-state index is 13.1. The van der Waals surface area contributed by atoms with E-state index in [4.69, 9.17) is 9.47 Å². The predicted octanol–water partition coefficient (Wildman–Crippen LogP) is 6.91. The molecular weight excluding hydrogens is 463 g/mol. The normalized spacial score (nSPS) is 11.4. The van der Waals surface area contributed by atoms with Gasteiger partial charge in [-0.05, 0) is 35.4 Å². The molecule has 0 spiro atoms. The Morgan fingerprint density at radius 3 is 2.38 bits per heavy atom. The maximum atomic E-state index is 13.1. The Balaban J connectivity index is 1.74. The zero-order valence-corrected chi connectivity index (χ0v) is 19.0. The molecule has 0 radical (unpaired) electrons. The fraction of sp³-hybridized carbons (Fsp3) is 0.154. The Morgan fingerprint density at radius 2 is 1.65 bits per heavy atom. The molecule has 1 aromatic heterocycles. The van der Waals surface area contributed by atoms with E-state index in [-0.39, 0.29) is 17.9 Å². The summed E-state index contributed by atoms with van der Waals surface area (Å²) >= 11 is 1.36. The molecule has 0 fully saturated rings. The van der Waals surface area contributed by atoms with Crippen LogP contribution in [0.4, 0.5) is 13.2 Å². The van der Waals surface area contributed by atoms with Gasteiger partial charge in [0.1, 0.15) is 22.9 Å². The van der Waals surface area contributed by atoms with E-state index in [2.05, 4.69) is 4.98 Å². The Hall–Kier alpha value is -3.52. The van der Waals surface area contributed by atoms with Crippen molar-refractivity contribution in [3.63, 3.8) is 0 Å². The molecule has 0 atom stereocenters. The smallest absolute Gasteiger partial charge is 0.416 e. The maximum Gasteiger partial charge on any atom is 0.416 e. The van der Waals surface area contributed by atoms with Crippen molar-refractivity contribution in [1.29, 1.82) is 0 Å². The van der Waals surface area contributed by atoms with Gasteiger partial charge in [0, 0.05) is 11.1 Å². The van der Waals surface area contributed by atoms with E-state index in [0.29, 0.717) is 27.2 Å². The summed E-state index contributed by atoms with van der Waals surface area (Å²) in [6, 6.07) is 21.8. The highest BCUT2D eigenvalue weighted by Crippen LogP contribution is 2.38. The molecule has 0 amide bonds. The van der Waals surface area contributed by atoms with Crippen LogP contribution in [0.5, 0.6) is 5.75 Å². The molecule has 0 saturated carbocycles. The van der Waals surface area contributed by atoms with Crippen LogP contribution in [0.1, 0.15) is 27.0 Å². The number of ether oxygens (including phenoxy) is 2. The molecule has 4 aromatic rings. The van der Waals surface area contributed by atoms with Crippen molar-refractivity contribution in [3.05, 3.63) is 101 Å². The third-order valence-corrected chi connectivity index (χ3v) is 6.10. The second-order valence-corrected chi connectivity index (χ2v) is 8.35. The summed E-state index contributed by atoms with van der Waals surface area (Å²) in [4.78, 5) is 17.5. The topological polar surface area (TPSA) is 48.4 Å². The number of esters is 1. The quantitative estimate of drug-likeness (QED) is 0.211. The summed E-state index contributed by atoms with van der Waals surface area (Å²) < 4.78 is 50.4. The fourth-order valence-electron chi connectivity index (χ4n) is 3.42. The van der Waals surface area contributed by atoms with Crippen LogP contribution in [0.3, 0.4) is 0 Å². The summed E-state index contributed by atoms with van der Waals surface area (Å²) in [7, 11) is 1.26. The van der Waals surface area contributed by atoms with Crippen molar-refractivity contribution in [1.82, 2.24) is 4.98 Å². The SMILES string of the molecule is COC(=O)c1c(SCc2ccccc2)nc2ccccc2c1OCc1cccc(C(F)(F)F)c1. The number of hydrogen-bond donors (Lipinski definition) is 0. The molecule has 34 heavy (non-hydrogen) atoms. The van der Waals surface area contributed by atoms with E-state index in [0.717, 1.165) is 17.7 Å². The van der Waals surface area contributed by atoms with Crippen molar-refractivity contribution in [2.24, 2.45) is 0 Å². The van der Waals surface area contributed by atoms with Crippen molar-refractivity contribution in [2.75, 3.05) is 7.11 Å². The number of methoxy groups -OCH3 is 1. The lowest BCUT2D eigenvalue weighted by Crippen LogP contribution is -2.10. The van der Waals surface area contributed by atoms with Crippen LogP contribution in [-0.2, 0) is 23.3 Å². The first-order valence-electron chi connectivity index (χ1n) is 10.3. The van der Waals surface area contributed by atoms with Crippen LogP contribution in [0.2, 0.25) is 0 Å². The highest BCUT2D eigenvalue weighted by Gasteiger charge is 2.30. The molecule has 8 heteroatoms. The average molecular weight is 484 g/mol. The summed E-state index contributed by atoms with van der Waals surface area (Å²) in [5.41, 5.74) is 1.36. The van der Waals surface area contributed by atoms with Crippen LogP contribution in [-0.4, -0.2) is 18.1 Å². The number of nitrogens with zero attached hydrogens (tertiary/aromatic N) is 1. The number of carbonyl (C=O) groups is 1. The number of thioether (sulfide) groups is 1. The van der Waals surface area contributed by atoms with Gasteiger partial charge >= 0.3 is 12.1 Å². The molecule has 3 aromatic carbocycles. The van der Waals surface area contributed by atoms with E-state index in [1.807, 2.05) is 36.4 Å². The van der Waals surface area contributed by atoms with E-state index >= 15 is 0 Å². The monoisotopic (exact) mass is 483 g/mol. The van der Waals surface area contributed by atoms with Gasteiger partial charge in [-0.1, -0.05) is 54.6 Å². The van der Waals surface area contributed by atoms with Gasteiger partial charge in [0.05, 0.1) is 18.2 Å². The number of hydrogen-bond acceptors (Lipinski definition) is 5. The average Bonchev–Trinajstić information content (AvgIpc) is 2.85. The minimum atomic E-state index is -4.46. The molecule has 4 rings (SSSR count). The molecular formula is C26H20F3NO3S. The first-order valence-corrected chi connectivity index (χ1v) is 11.3. The third-order valence-electron chi connectivity index (χ3n) is 5.06. The number of para-hydroxylation sites is 1. The van der Waals surface area contributed by atoms with Gasteiger partial charge in [0.2, 0.25) is 0 Å². The first-order chi connectivity index (χ1) is 16.4. The van der Waals surface area contributed by atoms with E-state index in [1.165, 1.54) is 24.9 Å². The number of halogens is 3. The Kier molecular flexibility index (Phi) is 7.07. The lowest BCUT2D eigenvalue weighted by Gasteiger charge is -2.17. The molecule has 4 nitrogen and oxygen atoms in total. The summed E-state index contributed by atoms with van der Waals surface area (Å²) in [6.45, 7) is -0.162. The number of pyridine rings is 1. The lowest BCUT2D eigenvalue weighted by atomic mass is 10.1. The Bertz CT molecular complexity index is 1310. The molecule has 1 heterocycles. The van der Waals surface area contributed by atoms with Gasteiger partial charge in [-0.3, -0.25) is 0 Å². The number of carbonyl (C=O) groups excluding carboxylic acids is 1. The van der Waals surface area contributed by atoms with E-state index < -0.39 is 17.7 Å². The van der Waals surface area contributed by atoms with Crippen molar-refractivity contribution in [2.45, 2.75) is 23.6 Å². The minimum Gasteiger partial charge on any atom is -0.487 e. The Morgan fingerprint density at radius 1 is 0.941 bits per heavy atom. The zero-order chi connectivity index (χ0) is 24.1. The zero-order valence-electron chi connectivity index (χ0n) is 18.1. The predicted molar refractivity (Wildman–Crippen MR) is 125 cm³/mol. The number of aromatic nitrogens is 1. The van der Waals surface area contributed by atoms with Gasteiger partial charge in [-0.2, -0.15) is 13.2 Å². The van der Waals surface area contributed by atoms with E-state index in [1.54, 1.807) is 24.3 Å². The summed E-state index contributed by atoms with van der Waals surface area (Å²) in [5.74, 6) is 0.154. The summed E-state index contributed by atoms with van der Waals surface area (Å²) in [5, 5.41) is 0.993. The fourth-order valence-corrected chi connectivity index (χ4v) is 4.39. The van der Waals surface area contributed by atoms with Crippen molar-refractivity contribution >= 4 is 28.6 Å². The number of fused-ring (bicyclic) bond motifs is 1. The second-order valence-electron chi connectivity index (χ2n) is 7.39. The molecule has 0 aliphatic rings. The molecule has 0 saturated heterocycles. The van der Waals surface area contributed by atoms with Gasteiger partial charge in [0.15, 0.2) is 0 Å². The largest absolute Gasteiger partial charge is 0.487 e. The summed E-state index contributed by atoms with van der Waals surface area (Å²) in [6.07, 6.45) is -4.46. The van der Waals surface area contributed by atoms with Crippen LogP contribution in [0, 0.1) is 0 Å². The van der Waals surface area contributed by atoms with Gasteiger partial charge in [0.25, 0.3) is 0 Å². The molecule has 174 valence electrons. The number of alkyl halides is 3. The standard InChI is InChI=1S/C26H20F3NO3S/c1-32-25(31)22-23(33-15-18-10-7-11-19(14-18)26(27,28)29)20-12-5-6-13-21(20)30-24(22)34-16-17-8-3-2-4-9-17/h2-14H,15-16H2,1H3. The number of benzene rings is 3. The van der Waals surface area contributed by atoms with Crippen LogP contribution in [0.25, 0.3) is 10.9 Å². The minimum absolute atomic E-state index is 0.147. The van der Waals surface area contributed by atoms with Crippen molar-refractivity contribution < 1.29 is 27.4 Å². The van der Waals surface area contributed by atoms with Gasteiger partial charge < -0.3 is 9.47 Å². The second kappa shape index (κ2) is 10.2. The third kappa shape index (κ3) is 5.34. The lowest BCUT2D eigenvalue weighted by molar-refractivity contribution is -0.137. The molecule has 0 N–H and O–H groups in total. The van der Waals surface area contributed by atoms with Crippen LogP contribution < -0.4 is 4.74 Å². The number of rotatable bonds is 7. The molecule has 0 aliphatic carbocycles. The first kappa shape index (κ1) is 23.6. The molecule has 0 unspecified atom stereocenters. The Labute approximate surface area is 198 Å². The van der Waals surface area contributed by atoms with Gasteiger partial charge in [-0.15, -0.1) is 11.8 Å². The van der Waals surface area contributed by atoms with Crippen LogP contribution in [0.15, 0.2) is 83.9 Å². The van der Waals surface area contributed by atoms with Crippen molar-refractivity contribution in [3.8, 4) is 5.75 Å². The highest BCUT2D eigenvalue weighted by molar-refractivity contribution is 7.98. The molecule has 0 aliphatic heterocycles. The van der Waals surface area contributed by atoms with Gasteiger partial charge in [-0.25, -0.2) is 9.78 Å². The highest BCUT2D eigenvalue weighted by atomic mass is 32.2.